The van der Waals surface area contributed by atoms with Gasteiger partial charge in [0.15, 0.2) is 0 Å². The third-order valence-corrected chi connectivity index (χ3v) is 35.1. The van der Waals surface area contributed by atoms with E-state index in [0.29, 0.717) is 7.82 Å². The molecule has 2 radical (unpaired) electrons. The van der Waals surface area contributed by atoms with E-state index in [0.717, 1.165) is 12.2 Å². The fourth-order valence-corrected chi connectivity index (χ4v) is 42.9. The van der Waals surface area contributed by atoms with Crippen molar-refractivity contribution < 1.29 is 12.5 Å². The van der Waals surface area contributed by atoms with Gasteiger partial charge < -0.3 is 12.5 Å². The Hall–Kier alpha value is 2.20. The zero-order chi connectivity index (χ0) is 12.2. The first-order valence-electron chi connectivity index (χ1n) is 4.46. The SMILES string of the molecule is CCCS1(OC)(OC)(OC)[Si]SSSSS1. The first-order valence-corrected chi connectivity index (χ1v) is 16.0. The van der Waals surface area contributed by atoms with E-state index < -0.39 is 7.62 Å². The minimum Gasteiger partial charge on any atom is -0.312 e. The second kappa shape index (κ2) is 5.67. The van der Waals surface area contributed by atoms with Gasteiger partial charge in [-0.1, -0.05) is 17.2 Å². The molecule has 3 nitrogen and oxygen atoms in total. The molecule has 0 bridgehead atoms. The van der Waals surface area contributed by atoms with Crippen LogP contribution in [-0.2, 0) is 12.5 Å². The van der Waals surface area contributed by atoms with Crippen LogP contribution in [0, 0.1) is 0 Å². The smallest absolute Gasteiger partial charge is 0.278 e. The van der Waals surface area contributed by atoms with Crippen molar-refractivity contribution >= 4 is 65.0 Å². The van der Waals surface area contributed by atoms with Gasteiger partial charge in [-0.05, 0) is 33.7 Å². The molecule has 98 valence electrons. The standard InChI is InChI=1S/C6H16O3S6Si/c1-5-6-15(7-2,8-3,9-4)13-11-10-12-14-16-15/h5-6H2,1-4H3. The van der Waals surface area contributed by atoms with Gasteiger partial charge in [-0.3, -0.25) is 0 Å². The van der Waals surface area contributed by atoms with E-state index in [1.54, 1.807) is 70.9 Å². The van der Waals surface area contributed by atoms with Crippen LogP contribution in [0.3, 0.4) is 0 Å². The van der Waals surface area contributed by atoms with Crippen LogP contribution in [0.5, 0.6) is 0 Å². The molecule has 0 N–H and O–H groups in total. The van der Waals surface area contributed by atoms with E-state index in [9.17, 15) is 0 Å². The molecule has 16 heavy (non-hydrogen) atoms. The quantitative estimate of drug-likeness (QED) is 0.515. The summed E-state index contributed by atoms with van der Waals surface area (Å²) in [6, 6.07) is 0. The van der Waals surface area contributed by atoms with Gasteiger partial charge in [0, 0.05) is 25.4 Å². The molecule has 1 saturated heterocycles. The number of hydrogen-bond donors (Lipinski definition) is 0. The molecular weight excluding hydrogens is 341 g/mol. The lowest BCUT2D eigenvalue weighted by Gasteiger charge is -2.72. The van der Waals surface area contributed by atoms with E-state index in [-0.39, 0.29) is 0 Å². The van der Waals surface area contributed by atoms with Crippen molar-refractivity contribution in [2.24, 2.45) is 0 Å². The molecule has 0 unspecified atom stereocenters. The highest BCUT2D eigenvalue weighted by atomic mass is 33.9. The third-order valence-electron chi connectivity index (χ3n) is 2.37. The molecule has 0 atom stereocenters. The predicted molar refractivity (Wildman–Crippen MR) is 87.5 cm³/mol. The van der Waals surface area contributed by atoms with Crippen LogP contribution in [0.2, 0.25) is 0 Å². The Balaban J connectivity index is 3.24. The van der Waals surface area contributed by atoms with Crippen molar-refractivity contribution in [3.8, 4) is 0 Å². The van der Waals surface area contributed by atoms with Crippen LogP contribution < -0.4 is 0 Å². The molecule has 0 aromatic rings. The van der Waals surface area contributed by atoms with Gasteiger partial charge in [0.05, 0.1) is 21.3 Å². The third kappa shape index (κ3) is 2.56. The van der Waals surface area contributed by atoms with Crippen LogP contribution in [0.25, 0.3) is 0 Å². The Labute approximate surface area is 117 Å². The molecular formula is C6H16O3S6Si. The predicted octanol–water partition coefficient (Wildman–Crippen LogP) is 4.75. The lowest BCUT2D eigenvalue weighted by atomic mass is 10.6. The summed E-state index contributed by atoms with van der Waals surface area (Å²) in [5.41, 5.74) is 0. The lowest BCUT2D eigenvalue weighted by Crippen LogP contribution is -2.43. The monoisotopic (exact) mass is 356 g/mol. The van der Waals surface area contributed by atoms with Crippen molar-refractivity contribution in [1.29, 1.82) is 0 Å². The Bertz CT molecular complexity index is 235. The highest BCUT2D eigenvalue weighted by molar-refractivity contribution is 9.55. The molecule has 1 aliphatic heterocycles. The van der Waals surface area contributed by atoms with Gasteiger partial charge in [-0.15, -0.1) is 0 Å². The van der Waals surface area contributed by atoms with Gasteiger partial charge in [0.2, 0.25) is 0 Å². The Morgan fingerprint density at radius 2 is 1.62 bits per heavy atom. The summed E-state index contributed by atoms with van der Waals surface area (Å²) in [6.07, 6.45) is 0.980. The van der Waals surface area contributed by atoms with Crippen molar-refractivity contribution in [3.63, 3.8) is 0 Å². The van der Waals surface area contributed by atoms with Gasteiger partial charge in [0.1, 0.15) is 0 Å². The minimum absolute atomic E-state index is 0.456. The summed E-state index contributed by atoms with van der Waals surface area (Å²) in [5, 5.41) is 0. The van der Waals surface area contributed by atoms with Crippen LogP contribution in [0.15, 0.2) is 0 Å². The fourth-order valence-electron chi connectivity index (χ4n) is 1.36. The Morgan fingerprint density at radius 1 is 1.00 bits per heavy atom. The van der Waals surface area contributed by atoms with Gasteiger partial charge >= 0.3 is 0 Å². The van der Waals surface area contributed by atoms with E-state index >= 15 is 0 Å². The van der Waals surface area contributed by atoms with E-state index in [4.69, 9.17) is 12.5 Å². The Kier molecular flexibility index (Phi) is 5.76. The maximum atomic E-state index is 5.95. The molecule has 10 heteroatoms. The van der Waals surface area contributed by atoms with Crippen LogP contribution >= 0.6 is 57.2 Å². The summed E-state index contributed by atoms with van der Waals surface area (Å²) in [4.78, 5) is 0. The van der Waals surface area contributed by atoms with Gasteiger partial charge in [-0.25, -0.2) is 0 Å². The van der Waals surface area contributed by atoms with E-state index in [2.05, 4.69) is 6.92 Å². The maximum Gasteiger partial charge on any atom is 0.278 e. The molecule has 0 amide bonds. The van der Waals surface area contributed by atoms with Crippen molar-refractivity contribution in [2.75, 3.05) is 27.1 Å². The molecule has 1 rings (SSSR count). The molecule has 0 aromatic carbocycles. The topological polar surface area (TPSA) is 27.7 Å². The van der Waals surface area contributed by atoms with E-state index in [1.807, 2.05) is 0 Å². The second-order valence-electron chi connectivity index (χ2n) is 3.00. The molecule has 0 aliphatic carbocycles. The van der Waals surface area contributed by atoms with Crippen LogP contribution in [0.4, 0.5) is 0 Å². The zero-order valence-electron chi connectivity index (χ0n) is 9.59. The highest BCUT2D eigenvalue weighted by Crippen LogP contribution is 3.02. The summed E-state index contributed by atoms with van der Waals surface area (Å²) in [5.74, 6) is 0.813. The number of hydrogen-bond acceptors (Lipinski definition) is 8. The molecule has 1 fully saturated rings. The molecule has 0 spiro atoms. The van der Waals surface area contributed by atoms with Gasteiger partial charge in [-0.2, -0.15) is 0 Å². The van der Waals surface area contributed by atoms with Crippen LogP contribution in [-0.4, -0.2) is 34.9 Å². The fraction of sp³-hybridized carbons (Fsp3) is 1.00. The molecule has 0 saturated carbocycles. The number of rotatable bonds is 5. The average molecular weight is 357 g/mol. The van der Waals surface area contributed by atoms with Crippen molar-refractivity contribution in [1.82, 2.24) is 0 Å². The van der Waals surface area contributed by atoms with Gasteiger partial charge in [0.25, 0.3) is 7.82 Å². The average Bonchev–Trinajstić information content (AvgIpc) is 2.54. The van der Waals surface area contributed by atoms with Crippen molar-refractivity contribution in [2.45, 2.75) is 13.3 Å². The summed E-state index contributed by atoms with van der Waals surface area (Å²) >= 11 is 0. The molecule has 1 aliphatic rings. The van der Waals surface area contributed by atoms with Crippen LogP contribution in [0.1, 0.15) is 13.3 Å². The normalized spacial score (nSPS) is 31.5. The first-order chi connectivity index (χ1) is 7.56. The molecule has 1 heterocycles. The summed E-state index contributed by atoms with van der Waals surface area (Å²) < 4.78 is 17.9. The molecule has 0 aromatic heterocycles. The maximum absolute atomic E-state index is 5.95. The minimum atomic E-state index is -3.35. The Morgan fingerprint density at radius 3 is 2.12 bits per heavy atom. The van der Waals surface area contributed by atoms with Crippen molar-refractivity contribution in [3.05, 3.63) is 0 Å². The highest BCUT2D eigenvalue weighted by Gasteiger charge is 2.64. The van der Waals surface area contributed by atoms with E-state index in [1.165, 1.54) is 0 Å². The largest absolute Gasteiger partial charge is 0.312 e. The summed E-state index contributed by atoms with van der Waals surface area (Å²) in [6.45, 7) is 2.13. The second-order valence-corrected chi connectivity index (χ2v) is 24.8. The summed E-state index contributed by atoms with van der Waals surface area (Å²) in [7, 11) is 10.9. The zero-order valence-corrected chi connectivity index (χ0v) is 15.5. The lowest BCUT2D eigenvalue weighted by molar-refractivity contribution is 0.231. The first kappa shape index (κ1) is 16.3.